The van der Waals surface area contributed by atoms with Crippen molar-refractivity contribution < 1.29 is 18.0 Å². The Labute approximate surface area is 106 Å². The van der Waals surface area contributed by atoms with Crippen LogP contribution in [0.2, 0.25) is 0 Å². The smallest absolute Gasteiger partial charge is 0.339 e. The van der Waals surface area contributed by atoms with E-state index >= 15 is 0 Å². The molecule has 2 aliphatic carbocycles. The molecule has 1 aromatic heterocycles. The topological polar surface area (TPSA) is 33.2 Å². The number of alkyl halides is 3. The molecule has 0 spiro atoms. The van der Waals surface area contributed by atoms with Crippen LogP contribution in [0.3, 0.4) is 0 Å². The van der Waals surface area contributed by atoms with Gasteiger partial charge >= 0.3 is 6.18 Å². The molecule has 0 aliphatic heterocycles. The van der Waals surface area contributed by atoms with Gasteiger partial charge < -0.3 is 4.90 Å². The van der Waals surface area contributed by atoms with Gasteiger partial charge in [-0.1, -0.05) is 0 Å². The van der Waals surface area contributed by atoms with Gasteiger partial charge in [-0.3, -0.25) is 4.79 Å². The van der Waals surface area contributed by atoms with Crippen LogP contribution < -0.4 is 0 Å². The van der Waals surface area contributed by atoms with Crippen LogP contribution in [0.5, 0.6) is 0 Å². The Kier molecular flexibility index (Phi) is 2.30. The summed E-state index contributed by atoms with van der Waals surface area (Å²) in [6.07, 6.45) is -2.52. The van der Waals surface area contributed by atoms with Crippen LogP contribution in [0.4, 0.5) is 13.2 Å². The first kappa shape index (κ1) is 12.0. The number of aromatic nitrogens is 1. The third kappa shape index (κ3) is 1.81. The molecule has 18 heavy (non-hydrogen) atoms. The summed E-state index contributed by atoms with van der Waals surface area (Å²) in [5.74, 6) is 0.589. The van der Waals surface area contributed by atoms with Crippen LogP contribution in [0, 0.1) is 11.3 Å². The van der Waals surface area contributed by atoms with Gasteiger partial charge in [0.05, 0.1) is 12.0 Å². The molecule has 2 saturated carbocycles. The molecule has 1 heterocycles. The molecule has 0 aromatic carbocycles. The van der Waals surface area contributed by atoms with Crippen molar-refractivity contribution in [1.29, 1.82) is 0 Å². The number of thiazole rings is 1. The third-order valence-corrected chi connectivity index (χ3v) is 4.50. The van der Waals surface area contributed by atoms with E-state index in [1.807, 2.05) is 0 Å². The molecule has 0 radical (unpaired) electrons. The summed E-state index contributed by atoms with van der Waals surface area (Å²) >= 11 is 0.942. The number of nitrogens with zero attached hydrogens (tertiary/aromatic N) is 2. The average Bonchev–Trinajstić information content (AvgIpc) is 3.04. The van der Waals surface area contributed by atoms with Crippen LogP contribution in [0.25, 0.3) is 0 Å². The van der Waals surface area contributed by atoms with E-state index in [0.29, 0.717) is 10.9 Å². The maximum absolute atomic E-state index is 12.4. The first-order chi connectivity index (χ1) is 8.33. The minimum absolute atomic E-state index is 0.0521. The molecule has 2 aliphatic rings. The Balaban J connectivity index is 1.65. The molecule has 0 N–H and O–H groups in total. The molecule has 3 rings (SSSR count). The first-order valence-electron chi connectivity index (χ1n) is 5.60. The number of rotatable bonds is 3. The van der Waals surface area contributed by atoms with Gasteiger partial charge in [0.25, 0.3) is 0 Å². The van der Waals surface area contributed by atoms with Gasteiger partial charge in [0.15, 0.2) is 5.69 Å². The van der Waals surface area contributed by atoms with Crippen molar-refractivity contribution in [3.63, 3.8) is 0 Å². The summed E-state index contributed by atoms with van der Waals surface area (Å²) in [5.41, 5.74) is -1.02. The van der Waals surface area contributed by atoms with Gasteiger partial charge in [0, 0.05) is 12.4 Å². The lowest BCUT2D eigenvalue weighted by Crippen LogP contribution is -2.30. The molecule has 98 valence electrons. The van der Waals surface area contributed by atoms with Crippen LogP contribution in [0.1, 0.15) is 23.5 Å². The Morgan fingerprint density at radius 1 is 1.61 bits per heavy atom. The lowest BCUT2D eigenvalue weighted by molar-refractivity contribution is -0.140. The Morgan fingerprint density at radius 3 is 2.67 bits per heavy atom. The van der Waals surface area contributed by atoms with Gasteiger partial charge in [-0.15, -0.1) is 11.3 Å². The predicted octanol–water partition coefficient (Wildman–Crippen LogP) is 2.53. The number of fused-ring (bicyclic) bond motifs is 1. The second-order valence-electron chi connectivity index (χ2n) is 5.05. The van der Waals surface area contributed by atoms with Crippen molar-refractivity contribution in [3.05, 3.63) is 16.1 Å². The standard InChI is InChI=1S/C11H11F3N2OS/c1-16(9(17)10-2-6(10)3-10)4-8-15-7(5-18-8)11(12,13)14/h5-6H,2-4H2,1H3. The number of hydrogen-bond donors (Lipinski definition) is 0. The SMILES string of the molecule is CN(Cc1nc(C(F)(F)F)cs1)C(=O)C12CC1C2. The van der Waals surface area contributed by atoms with Crippen molar-refractivity contribution in [3.8, 4) is 0 Å². The summed E-state index contributed by atoms with van der Waals surface area (Å²) in [7, 11) is 1.62. The van der Waals surface area contributed by atoms with E-state index in [4.69, 9.17) is 0 Å². The molecule has 1 aromatic rings. The van der Waals surface area contributed by atoms with E-state index in [1.54, 1.807) is 7.05 Å². The summed E-state index contributed by atoms with van der Waals surface area (Å²) < 4.78 is 37.1. The van der Waals surface area contributed by atoms with Crippen molar-refractivity contribution >= 4 is 17.2 Å². The first-order valence-corrected chi connectivity index (χ1v) is 6.48. The minimum atomic E-state index is -4.41. The molecule has 0 saturated heterocycles. The molecule has 0 atom stereocenters. The molecule has 1 amide bonds. The number of carbonyl (C=O) groups is 1. The Bertz CT molecular complexity index is 505. The Hall–Kier alpha value is -1.11. The van der Waals surface area contributed by atoms with E-state index in [2.05, 4.69) is 4.98 Å². The summed E-state index contributed by atoms with van der Waals surface area (Å²) in [6, 6.07) is 0. The maximum Gasteiger partial charge on any atom is 0.434 e. The van der Waals surface area contributed by atoms with Crippen LogP contribution >= 0.6 is 11.3 Å². The molecule has 3 nitrogen and oxygen atoms in total. The van der Waals surface area contributed by atoms with Crippen LogP contribution in [0.15, 0.2) is 5.38 Å². The van der Waals surface area contributed by atoms with Crippen LogP contribution in [-0.2, 0) is 17.5 Å². The molecule has 0 bridgehead atoms. The fourth-order valence-electron chi connectivity index (χ4n) is 2.22. The Morgan fingerprint density at radius 2 is 2.22 bits per heavy atom. The molecular formula is C11H11F3N2OS. The number of hydrogen-bond acceptors (Lipinski definition) is 3. The summed E-state index contributed by atoms with van der Waals surface area (Å²) in [5, 5.41) is 1.32. The second kappa shape index (κ2) is 3.46. The number of halogens is 3. The van der Waals surface area contributed by atoms with Gasteiger partial charge in [0.2, 0.25) is 5.91 Å². The molecule has 2 fully saturated rings. The predicted molar refractivity (Wildman–Crippen MR) is 58.7 cm³/mol. The monoisotopic (exact) mass is 276 g/mol. The molecular weight excluding hydrogens is 265 g/mol. The fraction of sp³-hybridized carbons (Fsp3) is 0.636. The third-order valence-electron chi connectivity index (χ3n) is 3.67. The van der Waals surface area contributed by atoms with Crippen LogP contribution in [-0.4, -0.2) is 22.8 Å². The van der Waals surface area contributed by atoms with Gasteiger partial charge in [-0.25, -0.2) is 4.98 Å². The van der Waals surface area contributed by atoms with Crippen molar-refractivity contribution in [2.45, 2.75) is 25.6 Å². The quantitative estimate of drug-likeness (QED) is 0.850. The largest absolute Gasteiger partial charge is 0.434 e. The van der Waals surface area contributed by atoms with E-state index in [-0.39, 0.29) is 17.9 Å². The summed E-state index contributed by atoms with van der Waals surface area (Å²) in [6.45, 7) is 0.161. The van der Waals surface area contributed by atoms with E-state index in [0.717, 1.165) is 29.6 Å². The lowest BCUT2D eigenvalue weighted by Gasteiger charge is -2.17. The highest BCUT2D eigenvalue weighted by Crippen LogP contribution is 2.75. The highest BCUT2D eigenvalue weighted by Gasteiger charge is 2.75. The van der Waals surface area contributed by atoms with Crippen molar-refractivity contribution in [1.82, 2.24) is 9.88 Å². The zero-order valence-corrected chi connectivity index (χ0v) is 10.4. The average molecular weight is 276 g/mol. The zero-order chi connectivity index (χ0) is 13.1. The number of amides is 1. The maximum atomic E-state index is 12.4. The molecule has 7 heteroatoms. The van der Waals surface area contributed by atoms with Crippen molar-refractivity contribution in [2.75, 3.05) is 7.05 Å². The zero-order valence-electron chi connectivity index (χ0n) is 9.62. The lowest BCUT2D eigenvalue weighted by atomic mass is 10.2. The highest BCUT2D eigenvalue weighted by atomic mass is 32.1. The van der Waals surface area contributed by atoms with Gasteiger partial charge in [-0.2, -0.15) is 13.2 Å². The fourth-order valence-corrected chi connectivity index (χ4v) is 3.07. The normalized spacial score (nSPS) is 28.8. The van der Waals surface area contributed by atoms with E-state index in [9.17, 15) is 18.0 Å². The number of carbonyl (C=O) groups excluding carboxylic acids is 1. The summed E-state index contributed by atoms with van der Waals surface area (Å²) in [4.78, 5) is 17.0. The van der Waals surface area contributed by atoms with E-state index in [1.165, 1.54) is 4.90 Å². The van der Waals surface area contributed by atoms with Crippen molar-refractivity contribution in [2.24, 2.45) is 11.3 Å². The molecule has 0 unspecified atom stereocenters. The van der Waals surface area contributed by atoms with Gasteiger partial charge in [-0.05, 0) is 18.8 Å². The second-order valence-corrected chi connectivity index (χ2v) is 5.99. The van der Waals surface area contributed by atoms with E-state index < -0.39 is 11.9 Å². The van der Waals surface area contributed by atoms with Gasteiger partial charge in [0.1, 0.15) is 5.01 Å². The minimum Gasteiger partial charge on any atom is -0.339 e. The highest BCUT2D eigenvalue weighted by molar-refractivity contribution is 7.09.